The number of fused-ring (bicyclic) bond motifs is 1. The molecule has 3 aromatic rings. The number of nitrogens with one attached hydrogen (secondary N) is 3. The van der Waals surface area contributed by atoms with E-state index in [-0.39, 0.29) is 36.6 Å². The number of pyridine rings is 1. The van der Waals surface area contributed by atoms with Gasteiger partial charge < -0.3 is 25.8 Å². The van der Waals surface area contributed by atoms with Crippen LogP contribution in [0.2, 0.25) is 0 Å². The molecule has 1 saturated carbocycles. The van der Waals surface area contributed by atoms with Crippen LogP contribution in [0.15, 0.2) is 36.7 Å². The Labute approximate surface area is 225 Å². The van der Waals surface area contributed by atoms with Gasteiger partial charge in [0, 0.05) is 25.9 Å². The molecule has 4 N–H and O–H groups in total. The highest BCUT2D eigenvalue weighted by molar-refractivity contribution is 6.00. The van der Waals surface area contributed by atoms with Gasteiger partial charge in [-0.25, -0.2) is 8.91 Å². The lowest BCUT2D eigenvalue weighted by atomic mass is 9.80. The number of methoxy groups -OCH3 is 1. The van der Waals surface area contributed by atoms with Gasteiger partial charge in [0.2, 0.25) is 5.91 Å². The molecule has 0 aromatic carbocycles. The Bertz CT molecular complexity index is 1390. The normalized spacial score (nSPS) is 17.6. The summed E-state index contributed by atoms with van der Waals surface area (Å²) in [5, 5.41) is 32.1. The van der Waals surface area contributed by atoms with E-state index in [4.69, 9.17) is 10.00 Å². The van der Waals surface area contributed by atoms with Gasteiger partial charge in [-0.2, -0.15) is 10.4 Å². The van der Waals surface area contributed by atoms with E-state index in [0.717, 1.165) is 18.4 Å². The Balaban J connectivity index is 1.54. The van der Waals surface area contributed by atoms with Crippen molar-refractivity contribution < 1.29 is 23.8 Å². The number of amides is 2. The van der Waals surface area contributed by atoms with Crippen LogP contribution in [0.5, 0.6) is 0 Å². The first-order valence-electron chi connectivity index (χ1n) is 12.6. The van der Waals surface area contributed by atoms with Gasteiger partial charge in [-0.3, -0.25) is 14.6 Å². The predicted octanol–water partition coefficient (Wildman–Crippen LogP) is 2.06. The lowest BCUT2D eigenvalue weighted by Crippen LogP contribution is -2.43. The van der Waals surface area contributed by atoms with E-state index < -0.39 is 17.7 Å². The van der Waals surface area contributed by atoms with Gasteiger partial charge in [0.1, 0.15) is 18.8 Å². The molecule has 0 bridgehead atoms. The van der Waals surface area contributed by atoms with Gasteiger partial charge >= 0.3 is 0 Å². The summed E-state index contributed by atoms with van der Waals surface area (Å²) in [6.45, 7) is 2.88. The molecular weight excluding hydrogens is 505 g/mol. The highest BCUT2D eigenvalue weighted by Gasteiger charge is 2.31. The smallest absolute Gasteiger partial charge is 0.255 e. The minimum atomic E-state index is -1.65. The Morgan fingerprint density at radius 3 is 2.74 bits per heavy atom. The minimum absolute atomic E-state index is 0.0148. The van der Waals surface area contributed by atoms with Gasteiger partial charge in [0.15, 0.2) is 0 Å². The molecule has 39 heavy (non-hydrogen) atoms. The summed E-state index contributed by atoms with van der Waals surface area (Å²) in [7, 11) is 1.47. The van der Waals surface area contributed by atoms with Crippen molar-refractivity contribution in [2.45, 2.75) is 44.5 Å². The Hall–Kier alpha value is -4.08. The van der Waals surface area contributed by atoms with E-state index in [0.29, 0.717) is 29.2 Å². The van der Waals surface area contributed by atoms with Crippen molar-refractivity contribution in [2.24, 2.45) is 5.92 Å². The van der Waals surface area contributed by atoms with Crippen molar-refractivity contribution in [3.63, 3.8) is 0 Å². The van der Waals surface area contributed by atoms with Crippen molar-refractivity contribution in [1.29, 1.82) is 5.26 Å². The monoisotopic (exact) mass is 537 g/mol. The van der Waals surface area contributed by atoms with Gasteiger partial charge in [0.05, 0.1) is 52.1 Å². The van der Waals surface area contributed by atoms with E-state index in [1.165, 1.54) is 33.4 Å². The molecule has 0 radical (unpaired) electrons. The summed E-state index contributed by atoms with van der Waals surface area (Å²) < 4.78 is 20.8. The Morgan fingerprint density at radius 2 is 2.05 bits per heavy atom. The van der Waals surface area contributed by atoms with Crippen LogP contribution < -0.4 is 16.0 Å². The van der Waals surface area contributed by atoms with Crippen molar-refractivity contribution in [2.75, 3.05) is 32.1 Å². The number of alkyl halides is 1. The third-order valence-corrected chi connectivity index (χ3v) is 6.71. The molecule has 1 aliphatic rings. The molecule has 0 saturated heterocycles. The number of ether oxygens (including phenoxy) is 1. The molecule has 3 aromatic heterocycles. The summed E-state index contributed by atoms with van der Waals surface area (Å²) >= 11 is 0. The van der Waals surface area contributed by atoms with Crippen molar-refractivity contribution in [3.05, 3.63) is 47.8 Å². The number of anilines is 1. The molecule has 12 heteroatoms. The SMILES string of the molecule is COCC(=O)NCC1CC(Nc2cc(-c3ccc4cc(C#N)cnn34)ncc2C(=O)NCC(F)C(C)(C)O)C1. The van der Waals surface area contributed by atoms with Crippen LogP contribution in [0.1, 0.15) is 42.6 Å². The van der Waals surface area contributed by atoms with Crippen LogP contribution in [0.25, 0.3) is 16.9 Å². The number of carbonyl (C=O) groups is 2. The zero-order chi connectivity index (χ0) is 28.2. The second kappa shape index (κ2) is 11.8. The van der Waals surface area contributed by atoms with Gasteiger partial charge in [-0.1, -0.05) is 0 Å². The molecule has 1 aliphatic carbocycles. The maximum Gasteiger partial charge on any atom is 0.255 e. The zero-order valence-electron chi connectivity index (χ0n) is 22.1. The maximum atomic E-state index is 14.3. The molecule has 206 valence electrons. The first-order valence-corrected chi connectivity index (χ1v) is 12.6. The molecule has 4 rings (SSSR count). The lowest BCUT2D eigenvalue weighted by Gasteiger charge is -2.37. The number of carbonyl (C=O) groups excluding carboxylic acids is 2. The van der Waals surface area contributed by atoms with Crippen LogP contribution >= 0.6 is 0 Å². The zero-order valence-corrected chi connectivity index (χ0v) is 22.1. The van der Waals surface area contributed by atoms with Gasteiger partial charge in [0.25, 0.3) is 5.91 Å². The number of hydrogen-bond donors (Lipinski definition) is 4. The maximum absolute atomic E-state index is 14.3. The van der Waals surface area contributed by atoms with Crippen LogP contribution in [-0.2, 0) is 9.53 Å². The van der Waals surface area contributed by atoms with E-state index in [2.05, 4.69) is 32.1 Å². The van der Waals surface area contributed by atoms with Crippen molar-refractivity contribution in [3.8, 4) is 17.5 Å². The molecule has 0 aliphatic heterocycles. The number of aromatic nitrogens is 3. The number of halogens is 1. The van der Waals surface area contributed by atoms with Crippen LogP contribution in [-0.4, -0.2) is 76.1 Å². The highest BCUT2D eigenvalue weighted by Crippen LogP contribution is 2.32. The standard InChI is InChI=1S/C27H32FN7O4/c1-27(2,38)24(28)14-32-26(37)20-13-30-22(23-5-4-19-8-17(10-29)12-33-35(19)23)9-21(20)34-18-6-16(7-18)11-31-25(36)15-39-3/h4-5,8-9,12-13,16,18,24,38H,6-7,11,14-15H2,1-3H3,(H,30,34)(H,31,36)(H,32,37). The second-order valence-corrected chi connectivity index (χ2v) is 10.3. The number of aliphatic hydroxyl groups is 1. The fourth-order valence-electron chi connectivity index (χ4n) is 4.36. The third-order valence-electron chi connectivity index (χ3n) is 6.71. The first kappa shape index (κ1) is 27.9. The molecule has 0 spiro atoms. The summed E-state index contributed by atoms with van der Waals surface area (Å²) in [5.74, 6) is -0.407. The molecule has 1 fully saturated rings. The number of rotatable bonds is 11. The quantitative estimate of drug-likeness (QED) is 0.290. The van der Waals surface area contributed by atoms with Crippen molar-refractivity contribution in [1.82, 2.24) is 25.2 Å². The average molecular weight is 538 g/mol. The van der Waals surface area contributed by atoms with Crippen LogP contribution in [0.4, 0.5) is 10.1 Å². The highest BCUT2D eigenvalue weighted by atomic mass is 19.1. The fourth-order valence-corrected chi connectivity index (χ4v) is 4.36. The molecule has 2 amide bonds. The minimum Gasteiger partial charge on any atom is -0.387 e. The molecule has 1 unspecified atom stereocenters. The summed E-state index contributed by atoms with van der Waals surface area (Å²) in [4.78, 5) is 29.2. The predicted molar refractivity (Wildman–Crippen MR) is 142 cm³/mol. The fraction of sp³-hybridized carbons (Fsp3) is 0.444. The van der Waals surface area contributed by atoms with Crippen LogP contribution in [0, 0.1) is 17.2 Å². The van der Waals surface area contributed by atoms with Crippen molar-refractivity contribution >= 4 is 23.0 Å². The summed E-state index contributed by atoms with van der Waals surface area (Å²) in [6.07, 6.45) is 2.80. The summed E-state index contributed by atoms with van der Waals surface area (Å²) in [5.41, 5.74) is 1.54. The molecular formula is C27H32FN7O4. The topological polar surface area (TPSA) is 154 Å². The van der Waals surface area contributed by atoms with Crippen LogP contribution in [0.3, 0.4) is 0 Å². The number of hydrogen-bond acceptors (Lipinski definition) is 8. The third kappa shape index (κ3) is 6.68. The molecule has 3 heterocycles. The Kier molecular flexibility index (Phi) is 8.42. The van der Waals surface area contributed by atoms with E-state index in [1.807, 2.05) is 12.1 Å². The molecule has 11 nitrogen and oxygen atoms in total. The summed E-state index contributed by atoms with van der Waals surface area (Å²) in [6, 6.07) is 9.24. The van der Waals surface area contributed by atoms with Gasteiger partial charge in [-0.05, 0) is 56.9 Å². The second-order valence-electron chi connectivity index (χ2n) is 10.3. The van der Waals surface area contributed by atoms with Gasteiger partial charge in [-0.15, -0.1) is 0 Å². The molecule has 1 atom stereocenters. The number of nitrogens with zero attached hydrogens (tertiary/aromatic N) is 4. The number of nitriles is 1. The largest absolute Gasteiger partial charge is 0.387 e. The Morgan fingerprint density at radius 1 is 1.28 bits per heavy atom. The lowest BCUT2D eigenvalue weighted by molar-refractivity contribution is -0.125. The van der Waals surface area contributed by atoms with E-state index in [1.54, 1.807) is 16.6 Å². The first-order chi connectivity index (χ1) is 18.6. The van der Waals surface area contributed by atoms with E-state index >= 15 is 0 Å². The average Bonchev–Trinajstić information content (AvgIpc) is 3.31. The van der Waals surface area contributed by atoms with E-state index in [9.17, 15) is 19.1 Å².